The first-order chi connectivity index (χ1) is 14.0. The van der Waals surface area contributed by atoms with Crippen LogP contribution in [0.1, 0.15) is 6.42 Å². The molecular formula is C19H20N4O4S2. The number of fused-ring (bicyclic) bond motifs is 1. The lowest BCUT2D eigenvalue weighted by molar-refractivity contribution is -0.193. The van der Waals surface area contributed by atoms with Gasteiger partial charge in [0, 0.05) is 31.7 Å². The fourth-order valence-corrected chi connectivity index (χ4v) is 5.82. The number of nitrogens with zero attached hydrogens (tertiary/aromatic N) is 2. The van der Waals surface area contributed by atoms with Crippen molar-refractivity contribution in [2.45, 2.75) is 10.8 Å². The lowest BCUT2D eigenvalue weighted by Gasteiger charge is -2.54. The minimum Gasteiger partial charge on any atom is -0.380 e. The zero-order valence-corrected chi connectivity index (χ0v) is 17.2. The Labute approximate surface area is 175 Å². The number of thiazole rings is 1. The first-order valence-electron chi connectivity index (χ1n) is 9.46. The Balaban J connectivity index is 1.17. The number of carbonyl (C=O) groups is 3. The number of hydrogen-bond acceptors (Lipinski definition) is 7. The smallest absolute Gasteiger partial charge is 0.233 e. The second kappa shape index (κ2) is 7.26. The molecule has 0 bridgehead atoms. The van der Waals surface area contributed by atoms with Crippen LogP contribution < -0.4 is 10.6 Å². The molecule has 3 fully saturated rings. The minimum absolute atomic E-state index is 0.0892. The summed E-state index contributed by atoms with van der Waals surface area (Å²) in [5, 5.41) is 5.55. The summed E-state index contributed by atoms with van der Waals surface area (Å²) in [6.07, 6.45) is 0.231. The summed E-state index contributed by atoms with van der Waals surface area (Å²) in [6.45, 7) is 3.53. The third kappa shape index (κ3) is 3.72. The van der Waals surface area contributed by atoms with Gasteiger partial charge in [-0.25, -0.2) is 4.98 Å². The molecular weight excluding hydrogens is 412 g/mol. The Kier molecular flexibility index (Phi) is 4.72. The van der Waals surface area contributed by atoms with Gasteiger partial charge in [-0.1, -0.05) is 11.8 Å². The Bertz CT molecular complexity index is 995. The summed E-state index contributed by atoms with van der Waals surface area (Å²) in [6, 6.07) is 5.56. The Morgan fingerprint density at radius 1 is 1.38 bits per heavy atom. The largest absolute Gasteiger partial charge is 0.380 e. The van der Waals surface area contributed by atoms with Crippen LogP contribution >= 0.6 is 23.1 Å². The van der Waals surface area contributed by atoms with Crippen molar-refractivity contribution >= 4 is 56.7 Å². The van der Waals surface area contributed by atoms with Gasteiger partial charge in [0.1, 0.15) is 0 Å². The van der Waals surface area contributed by atoms with E-state index in [0.29, 0.717) is 18.0 Å². The van der Waals surface area contributed by atoms with Gasteiger partial charge in [-0.05, 0) is 18.2 Å². The van der Waals surface area contributed by atoms with Gasteiger partial charge in [-0.3, -0.25) is 14.4 Å². The first-order valence-corrected chi connectivity index (χ1v) is 11.3. The lowest BCUT2D eigenvalue weighted by atomic mass is 9.78. The monoisotopic (exact) mass is 432 g/mol. The molecule has 1 unspecified atom stereocenters. The molecule has 0 saturated carbocycles. The maximum atomic E-state index is 12.3. The van der Waals surface area contributed by atoms with E-state index >= 15 is 0 Å². The SMILES string of the molecule is O=C1CC(C(=O)Nc2ccc3nc(SCC(=O)N4CC5(COC5)C4)sc3c2)CN1. The van der Waals surface area contributed by atoms with Gasteiger partial charge in [0.2, 0.25) is 17.7 Å². The normalized spacial score (nSPS) is 22.3. The van der Waals surface area contributed by atoms with Gasteiger partial charge in [0.15, 0.2) is 4.34 Å². The van der Waals surface area contributed by atoms with E-state index in [4.69, 9.17) is 4.74 Å². The minimum atomic E-state index is -0.330. The second-order valence-electron chi connectivity index (χ2n) is 7.89. The standard InChI is InChI=1S/C19H20N4O4S2/c24-15-3-11(5-20-15)17(26)21-12-1-2-13-14(4-12)29-18(22-13)28-6-16(25)23-7-19(8-23)9-27-10-19/h1-2,4,11H,3,5-10H2,(H,20,24)(H,21,26). The molecule has 1 atom stereocenters. The van der Waals surface area contributed by atoms with Gasteiger partial charge in [0.25, 0.3) is 0 Å². The van der Waals surface area contributed by atoms with Crippen LogP contribution in [-0.2, 0) is 19.1 Å². The molecule has 1 spiro atoms. The summed E-state index contributed by atoms with van der Waals surface area (Å²) in [7, 11) is 0. The van der Waals surface area contributed by atoms with Crippen molar-refractivity contribution in [1.82, 2.24) is 15.2 Å². The van der Waals surface area contributed by atoms with Crippen LogP contribution in [0.3, 0.4) is 0 Å². The van der Waals surface area contributed by atoms with Gasteiger partial charge in [-0.15, -0.1) is 11.3 Å². The molecule has 10 heteroatoms. The third-order valence-electron chi connectivity index (χ3n) is 5.53. The van der Waals surface area contributed by atoms with Crippen molar-refractivity contribution in [2.75, 3.05) is 43.9 Å². The van der Waals surface area contributed by atoms with E-state index in [9.17, 15) is 14.4 Å². The van der Waals surface area contributed by atoms with Crippen LogP contribution in [0, 0.1) is 11.3 Å². The molecule has 8 nitrogen and oxygen atoms in total. The van der Waals surface area contributed by atoms with E-state index in [1.165, 1.54) is 23.1 Å². The Morgan fingerprint density at radius 2 is 2.21 bits per heavy atom. The summed E-state index contributed by atoms with van der Waals surface area (Å²) in [4.78, 5) is 42.4. The molecule has 2 N–H and O–H groups in total. The molecule has 1 aromatic carbocycles. The van der Waals surface area contributed by atoms with Crippen LogP contribution in [0.15, 0.2) is 22.5 Å². The number of nitrogens with one attached hydrogen (secondary N) is 2. The van der Waals surface area contributed by atoms with E-state index in [0.717, 1.165) is 40.9 Å². The molecule has 3 aliphatic rings. The Hall–Kier alpha value is -2.17. The van der Waals surface area contributed by atoms with Crippen LogP contribution in [0.25, 0.3) is 10.2 Å². The Morgan fingerprint density at radius 3 is 2.90 bits per heavy atom. The van der Waals surface area contributed by atoms with Crippen molar-refractivity contribution in [1.29, 1.82) is 0 Å². The quantitative estimate of drug-likeness (QED) is 0.692. The van der Waals surface area contributed by atoms with E-state index in [-0.39, 0.29) is 35.5 Å². The number of carbonyl (C=O) groups excluding carboxylic acids is 3. The molecule has 5 rings (SSSR count). The highest BCUT2D eigenvalue weighted by atomic mass is 32.2. The highest BCUT2D eigenvalue weighted by Crippen LogP contribution is 2.38. The van der Waals surface area contributed by atoms with Crippen molar-refractivity contribution in [3.05, 3.63) is 18.2 Å². The van der Waals surface area contributed by atoms with Crippen molar-refractivity contribution < 1.29 is 19.1 Å². The number of amides is 3. The van der Waals surface area contributed by atoms with E-state index in [2.05, 4.69) is 15.6 Å². The number of aromatic nitrogens is 1. The summed E-state index contributed by atoms with van der Waals surface area (Å²) < 4.78 is 7.03. The van der Waals surface area contributed by atoms with Gasteiger partial charge < -0.3 is 20.3 Å². The average molecular weight is 433 g/mol. The lowest BCUT2D eigenvalue weighted by Crippen LogP contribution is -2.67. The number of hydrogen-bond donors (Lipinski definition) is 2. The maximum absolute atomic E-state index is 12.3. The van der Waals surface area contributed by atoms with Crippen LogP contribution in [-0.4, -0.2) is 66.2 Å². The predicted octanol–water partition coefficient (Wildman–Crippen LogP) is 1.32. The number of anilines is 1. The van der Waals surface area contributed by atoms with Gasteiger partial charge in [0.05, 0.1) is 40.5 Å². The number of benzene rings is 1. The third-order valence-corrected chi connectivity index (χ3v) is 7.67. The molecule has 4 heterocycles. The molecule has 152 valence electrons. The van der Waals surface area contributed by atoms with Gasteiger partial charge >= 0.3 is 0 Å². The highest BCUT2D eigenvalue weighted by molar-refractivity contribution is 8.01. The number of ether oxygens (including phenoxy) is 1. The van der Waals surface area contributed by atoms with Crippen LogP contribution in [0.2, 0.25) is 0 Å². The maximum Gasteiger partial charge on any atom is 0.233 e. The predicted molar refractivity (Wildman–Crippen MR) is 110 cm³/mol. The second-order valence-corrected chi connectivity index (χ2v) is 10.1. The van der Waals surface area contributed by atoms with Gasteiger partial charge in [-0.2, -0.15) is 0 Å². The fourth-order valence-electron chi connectivity index (χ4n) is 3.81. The van der Waals surface area contributed by atoms with E-state index in [1.54, 1.807) is 0 Å². The average Bonchev–Trinajstić information content (AvgIpc) is 3.23. The summed E-state index contributed by atoms with van der Waals surface area (Å²) in [5.74, 6) is -0.0584. The molecule has 0 radical (unpaired) electrons. The van der Waals surface area contributed by atoms with Crippen LogP contribution in [0.5, 0.6) is 0 Å². The molecule has 1 aromatic heterocycles. The van der Waals surface area contributed by atoms with E-state index in [1.807, 2.05) is 23.1 Å². The topological polar surface area (TPSA) is 101 Å². The summed E-state index contributed by atoms with van der Waals surface area (Å²) in [5.41, 5.74) is 1.76. The molecule has 3 amide bonds. The number of rotatable bonds is 5. The van der Waals surface area contributed by atoms with Crippen LogP contribution in [0.4, 0.5) is 5.69 Å². The molecule has 2 aromatic rings. The van der Waals surface area contributed by atoms with Crippen molar-refractivity contribution in [2.24, 2.45) is 11.3 Å². The van der Waals surface area contributed by atoms with Crippen molar-refractivity contribution in [3.63, 3.8) is 0 Å². The summed E-state index contributed by atoms with van der Waals surface area (Å²) >= 11 is 2.96. The molecule has 3 aliphatic heterocycles. The molecule has 3 saturated heterocycles. The van der Waals surface area contributed by atoms with E-state index < -0.39 is 0 Å². The number of likely N-dealkylation sites (tertiary alicyclic amines) is 1. The molecule has 0 aliphatic carbocycles. The zero-order valence-electron chi connectivity index (χ0n) is 15.6. The highest BCUT2D eigenvalue weighted by Gasteiger charge is 2.50. The molecule has 29 heavy (non-hydrogen) atoms. The van der Waals surface area contributed by atoms with Crippen molar-refractivity contribution in [3.8, 4) is 0 Å². The fraction of sp³-hybridized carbons (Fsp3) is 0.474. The first kappa shape index (κ1) is 18.8. The zero-order chi connectivity index (χ0) is 20.0. The number of thioether (sulfide) groups is 1.